The third kappa shape index (κ3) is 5.28. The first-order valence-electron chi connectivity index (χ1n) is 8.85. The molecule has 6 heteroatoms. The van der Waals surface area contributed by atoms with Crippen LogP contribution in [0.5, 0.6) is 0 Å². The average molecular weight is 347 g/mol. The van der Waals surface area contributed by atoms with E-state index in [9.17, 15) is 9.59 Å². The Morgan fingerprint density at radius 2 is 2.08 bits per heavy atom. The number of hydrogen-bond donors (Lipinski definition) is 1. The van der Waals surface area contributed by atoms with Crippen LogP contribution in [0.1, 0.15) is 35.2 Å². The number of likely N-dealkylation sites (N-methyl/N-ethyl adjacent to an activating group) is 1. The Hall–Kier alpha value is -1.92. The quantitative estimate of drug-likeness (QED) is 0.724. The van der Waals surface area contributed by atoms with E-state index in [0.717, 1.165) is 37.9 Å². The zero-order chi connectivity index (χ0) is 18.2. The Labute approximate surface area is 150 Å². The Morgan fingerprint density at radius 1 is 1.32 bits per heavy atom. The van der Waals surface area contributed by atoms with Gasteiger partial charge in [-0.15, -0.1) is 0 Å². The van der Waals surface area contributed by atoms with E-state index >= 15 is 0 Å². The molecule has 1 fully saturated rings. The molecule has 0 spiro atoms. The highest BCUT2D eigenvalue weighted by atomic mass is 16.5. The number of methoxy groups -OCH3 is 1. The fourth-order valence-electron chi connectivity index (χ4n) is 3.27. The summed E-state index contributed by atoms with van der Waals surface area (Å²) in [5.74, 6) is 0.102. The van der Waals surface area contributed by atoms with E-state index in [4.69, 9.17) is 4.74 Å². The Morgan fingerprint density at radius 3 is 2.80 bits per heavy atom. The lowest BCUT2D eigenvalue weighted by Crippen LogP contribution is -2.43. The van der Waals surface area contributed by atoms with E-state index in [-0.39, 0.29) is 17.9 Å². The number of benzene rings is 1. The Kier molecular flexibility index (Phi) is 7.40. The number of hydrogen-bond acceptors (Lipinski definition) is 4. The second kappa shape index (κ2) is 9.53. The van der Waals surface area contributed by atoms with Gasteiger partial charge in [0, 0.05) is 39.9 Å². The van der Waals surface area contributed by atoms with Gasteiger partial charge in [0.25, 0.3) is 5.91 Å². The van der Waals surface area contributed by atoms with Gasteiger partial charge in [-0.25, -0.2) is 0 Å². The van der Waals surface area contributed by atoms with Gasteiger partial charge >= 0.3 is 0 Å². The monoisotopic (exact) mass is 347 g/mol. The van der Waals surface area contributed by atoms with Crippen LogP contribution in [0, 0.1) is 0 Å². The fraction of sp³-hybridized carbons (Fsp3) is 0.579. The van der Waals surface area contributed by atoms with Gasteiger partial charge in [-0.05, 0) is 37.4 Å². The number of nitrogens with one attached hydrogen (secondary N) is 1. The van der Waals surface area contributed by atoms with Crippen molar-refractivity contribution in [1.29, 1.82) is 0 Å². The molecule has 0 aromatic heterocycles. The molecule has 1 heterocycles. The van der Waals surface area contributed by atoms with E-state index in [1.165, 1.54) is 0 Å². The van der Waals surface area contributed by atoms with Gasteiger partial charge in [-0.2, -0.15) is 0 Å². The largest absolute Gasteiger partial charge is 0.380 e. The molecule has 0 aliphatic carbocycles. The number of carbonyl (C=O) groups excluding carboxylic acids is 2. The first-order valence-corrected chi connectivity index (χ1v) is 8.85. The van der Waals surface area contributed by atoms with Gasteiger partial charge in [-0.3, -0.25) is 14.5 Å². The van der Waals surface area contributed by atoms with Crippen molar-refractivity contribution in [3.05, 3.63) is 35.4 Å². The van der Waals surface area contributed by atoms with Crippen LogP contribution in [-0.2, 0) is 16.1 Å². The molecule has 0 radical (unpaired) electrons. The molecule has 2 amide bonds. The number of nitrogens with zero attached hydrogens (tertiary/aromatic N) is 2. The molecule has 1 aliphatic heterocycles. The fourth-order valence-corrected chi connectivity index (χ4v) is 3.27. The zero-order valence-electron chi connectivity index (χ0n) is 15.5. The summed E-state index contributed by atoms with van der Waals surface area (Å²) in [5.41, 5.74) is 1.55. The SMILES string of the molecule is COCc1ccccc1C(=O)NCCCN1CCC[C@@H]1C(=O)N(C)C. The lowest BCUT2D eigenvalue weighted by Gasteiger charge is -2.26. The molecular formula is C19H29N3O3. The predicted octanol–water partition coefficient (Wildman–Crippen LogP) is 1.51. The minimum atomic E-state index is -0.0741. The van der Waals surface area contributed by atoms with E-state index in [1.54, 1.807) is 26.1 Å². The van der Waals surface area contributed by atoms with Crippen molar-refractivity contribution in [2.24, 2.45) is 0 Å². The number of rotatable bonds is 8. The van der Waals surface area contributed by atoms with E-state index < -0.39 is 0 Å². The van der Waals surface area contributed by atoms with Crippen LogP contribution < -0.4 is 5.32 Å². The number of ether oxygens (including phenoxy) is 1. The van der Waals surface area contributed by atoms with Gasteiger partial charge in [-0.1, -0.05) is 18.2 Å². The molecule has 1 aromatic carbocycles. The van der Waals surface area contributed by atoms with Crippen molar-refractivity contribution in [1.82, 2.24) is 15.1 Å². The molecule has 1 aliphatic rings. The minimum absolute atomic E-state index is 0.00636. The van der Waals surface area contributed by atoms with Gasteiger partial charge in [0.2, 0.25) is 5.91 Å². The molecule has 138 valence electrons. The smallest absolute Gasteiger partial charge is 0.251 e. The van der Waals surface area contributed by atoms with Gasteiger partial charge < -0.3 is 15.0 Å². The third-order valence-corrected chi connectivity index (χ3v) is 4.56. The summed E-state index contributed by atoms with van der Waals surface area (Å²) in [4.78, 5) is 28.4. The summed E-state index contributed by atoms with van der Waals surface area (Å²) in [5, 5.41) is 2.97. The molecule has 0 saturated carbocycles. The lowest BCUT2D eigenvalue weighted by molar-refractivity contribution is -0.133. The molecule has 1 N–H and O–H groups in total. The number of amides is 2. The van der Waals surface area contributed by atoms with Crippen LogP contribution in [-0.4, -0.2) is 68.5 Å². The molecule has 1 aromatic rings. The summed E-state index contributed by atoms with van der Waals surface area (Å²) in [7, 11) is 5.23. The average Bonchev–Trinajstić information content (AvgIpc) is 3.07. The second-order valence-corrected chi connectivity index (χ2v) is 6.63. The van der Waals surface area contributed by atoms with Crippen LogP contribution in [0.25, 0.3) is 0 Å². The topological polar surface area (TPSA) is 61.9 Å². The van der Waals surface area contributed by atoms with Crippen LogP contribution in [0.3, 0.4) is 0 Å². The Balaban J connectivity index is 1.79. The summed E-state index contributed by atoms with van der Waals surface area (Å²) in [6.07, 6.45) is 2.81. The van der Waals surface area contributed by atoms with Gasteiger partial charge in [0.05, 0.1) is 12.6 Å². The molecule has 0 bridgehead atoms. The molecule has 1 atom stereocenters. The second-order valence-electron chi connectivity index (χ2n) is 6.63. The maximum atomic E-state index is 12.4. The molecule has 25 heavy (non-hydrogen) atoms. The van der Waals surface area contributed by atoms with Crippen molar-refractivity contribution < 1.29 is 14.3 Å². The first kappa shape index (κ1) is 19.4. The minimum Gasteiger partial charge on any atom is -0.380 e. The van der Waals surface area contributed by atoms with Crippen LogP contribution >= 0.6 is 0 Å². The highest BCUT2D eigenvalue weighted by Crippen LogP contribution is 2.18. The third-order valence-electron chi connectivity index (χ3n) is 4.56. The van der Waals surface area contributed by atoms with Gasteiger partial charge in [0.1, 0.15) is 0 Å². The highest BCUT2D eigenvalue weighted by molar-refractivity contribution is 5.95. The van der Waals surface area contributed by atoms with E-state index in [1.807, 2.05) is 24.3 Å². The van der Waals surface area contributed by atoms with Crippen LogP contribution in [0.15, 0.2) is 24.3 Å². The van der Waals surface area contributed by atoms with Crippen molar-refractivity contribution in [3.63, 3.8) is 0 Å². The zero-order valence-corrected chi connectivity index (χ0v) is 15.5. The summed E-state index contributed by atoms with van der Waals surface area (Å²) in [6, 6.07) is 7.47. The molecule has 1 saturated heterocycles. The van der Waals surface area contributed by atoms with Crippen molar-refractivity contribution in [2.75, 3.05) is 40.8 Å². The molecule has 0 unspecified atom stereocenters. The standard InChI is InChI=1S/C19H29N3O3/c1-21(2)19(24)17-10-6-12-22(17)13-7-11-20-18(23)16-9-5-4-8-15(16)14-25-3/h4-5,8-9,17H,6-7,10-14H2,1-3H3,(H,20,23)/t17-/m1/s1. The molecule has 6 nitrogen and oxygen atoms in total. The van der Waals surface area contributed by atoms with E-state index in [0.29, 0.717) is 18.7 Å². The number of carbonyl (C=O) groups is 2. The summed E-state index contributed by atoms with van der Waals surface area (Å²) < 4.78 is 5.14. The predicted molar refractivity (Wildman–Crippen MR) is 97.4 cm³/mol. The van der Waals surface area contributed by atoms with Crippen molar-refractivity contribution >= 4 is 11.8 Å². The lowest BCUT2D eigenvalue weighted by atomic mass is 10.1. The number of likely N-dealkylation sites (tertiary alicyclic amines) is 1. The molecular weight excluding hydrogens is 318 g/mol. The maximum Gasteiger partial charge on any atom is 0.251 e. The van der Waals surface area contributed by atoms with E-state index in [2.05, 4.69) is 10.2 Å². The normalized spacial score (nSPS) is 17.5. The summed E-state index contributed by atoms with van der Waals surface area (Å²) >= 11 is 0. The van der Waals surface area contributed by atoms with Crippen LogP contribution in [0.4, 0.5) is 0 Å². The maximum absolute atomic E-state index is 12.4. The highest BCUT2D eigenvalue weighted by Gasteiger charge is 2.30. The van der Waals surface area contributed by atoms with Crippen molar-refractivity contribution in [3.8, 4) is 0 Å². The summed E-state index contributed by atoms with van der Waals surface area (Å²) in [6.45, 7) is 2.80. The van der Waals surface area contributed by atoms with Crippen LogP contribution in [0.2, 0.25) is 0 Å². The van der Waals surface area contributed by atoms with Gasteiger partial charge in [0.15, 0.2) is 0 Å². The first-order chi connectivity index (χ1) is 12.0. The van der Waals surface area contributed by atoms with Crippen molar-refractivity contribution in [2.45, 2.75) is 31.9 Å². The molecule has 2 rings (SSSR count). The Bertz CT molecular complexity index is 589.